The van der Waals surface area contributed by atoms with E-state index >= 15 is 0 Å². The fourth-order valence-electron chi connectivity index (χ4n) is 5.85. The van der Waals surface area contributed by atoms with Crippen LogP contribution in [0.4, 0.5) is 13.2 Å². The maximum atomic E-state index is 14.6. The monoisotopic (exact) mass is 702 g/mol. The molecule has 1 N–H and O–H groups in total. The smallest absolute Gasteiger partial charge is 0.339 e. The first-order valence-electron chi connectivity index (χ1n) is 17.4. The van der Waals surface area contributed by atoms with Crippen molar-refractivity contribution < 1.29 is 62.3 Å². The highest BCUT2D eigenvalue weighted by atomic mass is 79.9. The van der Waals surface area contributed by atoms with E-state index in [2.05, 4.69) is 0 Å². The zero-order valence-electron chi connectivity index (χ0n) is 30.6. The fraction of sp³-hybridized carbons (Fsp3) is 0.278. The van der Waals surface area contributed by atoms with Gasteiger partial charge in [0.2, 0.25) is 5.91 Å². The van der Waals surface area contributed by atoms with Crippen molar-refractivity contribution in [3.05, 3.63) is 137 Å². The Balaban J connectivity index is 0.00000605. The van der Waals surface area contributed by atoms with Crippen LogP contribution in [0.25, 0.3) is 0 Å². The molecule has 1 aliphatic rings. The summed E-state index contributed by atoms with van der Waals surface area (Å²) in [4.78, 5) is 29.0. The zero-order valence-corrected chi connectivity index (χ0v) is 26.2. The average molecular weight is 704 g/mol. The third kappa shape index (κ3) is 7.97. The Bertz CT molecular complexity index is 1850. The van der Waals surface area contributed by atoms with Crippen molar-refractivity contribution in [3.8, 4) is 5.75 Å². The van der Waals surface area contributed by atoms with Crippen molar-refractivity contribution in [2.45, 2.75) is 25.0 Å². The van der Waals surface area contributed by atoms with Crippen LogP contribution in [0, 0.1) is 23.4 Å². The number of benzene rings is 4. The van der Waals surface area contributed by atoms with Crippen LogP contribution in [0.1, 0.15) is 41.7 Å². The Hall–Kier alpha value is -4.15. The molecular formula is C36H36BrF3N2O4. The van der Waals surface area contributed by atoms with Crippen molar-refractivity contribution in [2.75, 3.05) is 33.6 Å². The molecule has 4 aromatic carbocycles. The van der Waals surface area contributed by atoms with Crippen LogP contribution in [-0.2, 0) is 28.1 Å². The van der Waals surface area contributed by atoms with Gasteiger partial charge in [-0.25, -0.2) is 18.0 Å². The fourth-order valence-corrected chi connectivity index (χ4v) is 5.85. The van der Waals surface area contributed by atoms with Gasteiger partial charge < -0.3 is 36.3 Å². The molecule has 0 bridgehead atoms. The summed E-state index contributed by atoms with van der Waals surface area (Å²) in [5, 5.41) is 0. The molecule has 0 aliphatic carbocycles. The summed E-state index contributed by atoms with van der Waals surface area (Å²) in [6.07, 6.45) is -0.701. The number of carbonyl (C=O) groups excluding carboxylic acids is 2. The zero-order chi connectivity index (χ0) is 37.0. The molecular weight excluding hydrogens is 661 g/mol. The molecule has 0 aromatic heterocycles. The minimum absolute atomic E-state index is 0. The van der Waals surface area contributed by atoms with Gasteiger partial charge in [0.05, 0.1) is 46.7 Å². The highest BCUT2D eigenvalue weighted by Crippen LogP contribution is 2.42. The molecule has 1 unspecified atom stereocenters. The molecule has 1 amide bonds. The van der Waals surface area contributed by atoms with Crippen molar-refractivity contribution in [3.63, 3.8) is 0 Å². The second-order valence-corrected chi connectivity index (χ2v) is 11.1. The molecule has 1 saturated heterocycles. The molecule has 0 saturated carbocycles. The van der Waals surface area contributed by atoms with E-state index in [1.165, 1.54) is 23.1 Å². The Morgan fingerprint density at radius 2 is 1.65 bits per heavy atom. The first-order chi connectivity index (χ1) is 24.0. The Morgan fingerprint density at radius 3 is 2.37 bits per heavy atom. The minimum atomic E-state index is -2.81. The SMILES string of the molecule is [2H]C([2H])([2H])Oc1cccc([C@]2(OC(=O)c3ccccc3)CCN(C(=O)Cc3cc(F)c(F)cc3F)C[C@H]2C[NH+](Cc2ccccc2)C([2H])([2H])[2H])c1.[Br-]. The first-order valence-corrected chi connectivity index (χ1v) is 14.4. The lowest BCUT2D eigenvalue weighted by molar-refractivity contribution is -0.898. The van der Waals surface area contributed by atoms with Crippen molar-refractivity contribution in [1.29, 1.82) is 0 Å². The standard InChI is InChI=1S/C36H35F3N2O4.BrH/c1-40(22-25-10-5-3-6-11-25)23-29-24-41(34(42)19-27-18-32(38)33(39)21-31(27)37)17-16-36(29,28-14-9-15-30(20-28)44-2)45-35(43)26-12-7-4-8-13-26;/h3-15,18,20-21,29H,16-17,19,22-24H2,1-2H3;1H/t29-,36-;/m1./s1/i1D3,2D3;. The molecule has 242 valence electrons. The van der Waals surface area contributed by atoms with Gasteiger partial charge in [0.25, 0.3) is 0 Å². The number of esters is 1. The second kappa shape index (κ2) is 15.4. The number of hydrogen-bond donors (Lipinski definition) is 1. The molecule has 46 heavy (non-hydrogen) atoms. The Morgan fingerprint density at radius 1 is 0.935 bits per heavy atom. The topological polar surface area (TPSA) is 60.3 Å². The third-order valence-corrected chi connectivity index (χ3v) is 8.12. The minimum Gasteiger partial charge on any atom is -1.00 e. The number of ether oxygens (including phenoxy) is 2. The van der Waals surface area contributed by atoms with E-state index in [0.29, 0.717) is 23.3 Å². The summed E-state index contributed by atoms with van der Waals surface area (Å²) in [6.45, 7) is -2.99. The quantitative estimate of drug-likeness (QED) is 0.203. The molecule has 10 heteroatoms. The van der Waals surface area contributed by atoms with Gasteiger partial charge >= 0.3 is 5.97 Å². The van der Waals surface area contributed by atoms with Crippen molar-refractivity contribution >= 4 is 11.9 Å². The number of nitrogens with one attached hydrogen (secondary N) is 1. The normalized spacial score (nSPS) is 20.8. The van der Waals surface area contributed by atoms with Gasteiger partial charge in [-0.1, -0.05) is 60.7 Å². The van der Waals surface area contributed by atoms with E-state index in [1.807, 2.05) is 0 Å². The van der Waals surface area contributed by atoms with Gasteiger partial charge in [-0.2, -0.15) is 0 Å². The number of halogens is 4. The van der Waals surface area contributed by atoms with Gasteiger partial charge in [0.1, 0.15) is 23.7 Å². The van der Waals surface area contributed by atoms with Gasteiger partial charge in [0, 0.05) is 36.7 Å². The van der Waals surface area contributed by atoms with Crippen LogP contribution in [-0.4, -0.2) is 50.4 Å². The van der Waals surface area contributed by atoms with E-state index in [-0.39, 0.29) is 71.4 Å². The van der Waals surface area contributed by atoms with Crippen molar-refractivity contribution in [2.24, 2.45) is 5.92 Å². The summed E-state index contributed by atoms with van der Waals surface area (Å²) in [5.74, 6) is -6.22. The Labute approximate surface area is 285 Å². The molecule has 1 heterocycles. The van der Waals surface area contributed by atoms with Gasteiger partial charge in [-0.3, -0.25) is 4.79 Å². The number of hydrogen-bond acceptors (Lipinski definition) is 4. The van der Waals surface area contributed by atoms with E-state index in [4.69, 9.17) is 17.7 Å². The number of amides is 1. The number of likely N-dealkylation sites (tertiary alicyclic amines) is 1. The predicted octanol–water partition coefficient (Wildman–Crippen LogP) is 1.97. The molecule has 0 spiro atoms. The maximum absolute atomic E-state index is 14.6. The number of piperidine rings is 1. The lowest BCUT2D eigenvalue weighted by atomic mass is 9.75. The lowest BCUT2D eigenvalue weighted by Gasteiger charge is -2.47. The van der Waals surface area contributed by atoms with Crippen LogP contribution >= 0.6 is 0 Å². The highest BCUT2D eigenvalue weighted by molar-refractivity contribution is 5.89. The second-order valence-electron chi connectivity index (χ2n) is 11.1. The molecule has 1 fully saturated rings. The van der Waals surface area contributed by atoms with Gasteiger partial charge in [-0.05, 0) is 35.9 Å². The summed E-state index contributed by atoms with van der Waals surface area (Å²) < 4.78 is 102. The van der Waals surface area contributed by atoms with Crippen molar-refractivity contribution in [1.82, 2.24) is 4.90 Å². The predicted molar refractivity (Wildman–Crippen MR) is 163 cm³/mol. The number of nitrogens with zero attached hydrogens (tertiary/aromatic N) is 1. The molecule has 5 rings (SSSR count). The highest BCUT2D eigenvalue weighted by Gasteiger charge is 2.50. The Kier molecular flexibility index (Phi) is 9.06. The molecule has 6 nitrogen and oxygen atoms in total. The third-order valence-electron chi connectivity index (χ3n) is 8.12. The maximum Gasteiger partial charge on any atom is 0.339 e. The molecule has 3 atom stereocenters. The number of quaternary nitrogens is 1. The summed E-state index contributed by atoms with van der Waals surface area (Å²) in [7, 11) is -2.81. The van der Waals surface area contributed by atoms with E-state index < -0.39 is 61.3 Å². The van der Waals surface area contributed by atoms with E-state index in [1.54, 1.807) is 66.7 Å². The van der Waals surface area contributed by atoms with Gasteiger partial charge in [-0.15, -0.1) is 0 Å². The van der Waals surface area contributed by atoms with E-state index in [0.717, 1.165) is 0 Å². The van der Waals surface area contributed by atoms with Crippen LogP contribution in [0.3, 0.4) is 0 Å². The van der Waals surface area contributed by atoms with Crippen LogP contribution < -0.4 is 26.6 Å². The van der Waals surface area contributed by atoms with Gasteiger partial charge in [0.15, 0.2) is 11.6 Å². The number of rotatable bonds is 10. The lowest BCUT2D eigenvalue weighted by Crippen LogP contribution is -3.09. The average Bonchev–Trinajstić information content (AvgIpc) is 3.07. The molecule has 0 radical (unpaired) electrons. The molecule has 4 aromatic rings. The first kappa shape index (κ1) is 27.0. The number of carbonyl (C=O) groups is 2. The van der Waals surface area contributed by atoms with Crippen LogP contribution in [0.5, 0.6) is 5.75 Å². The molecule has 1 aliphatic heterocycles. The van der Waals surface area contributed by atoms with Crippen LogP contribution in [0.15, 0.2) is 97.1 Å². The van der Waals surface area contributed by atoms with E-state index in [9.17, 15) is 22.8 Å². The van der Waals surface area contributed by atoms with Crippen LogP contribution in [0.2, 0.25) is 0 Å². The summed E-state index contributed by atoms with van der Waals surface area (Å²) in [5.41, 5.74) is -0.778. The summed E-state index contributed by atoms with van der Waals surface area (Å²) >= 11 is 0. The number of methoxy groups -OCH3 is 1. The largest absolute Gasteiger partial charge is 1.00 e. The summed E-state index contributed by atoms with van der Waals surface area (Å²) in [6, 6.07) is 23.9.